The van der Waals surface area contributed by atoms with Gasteiger partial charge in [0.05, 0.1) is 0 Å². The van der Waals surface area contributed by atoms with Gasteiger partial charge < -0.3 is 10.2 Å². The summed E-state index contributed by atoms with van der Waals surface area (Å²) in [7, 11) is 0. The van der Waals surface area contributed by atoms with Gasteiger partial charge in [0.2, 0.25) is 0 Å². The molecule has 0 bridgehead atoms. The van der Waals surface area contributed by atoms with Crippen LogP contribution >= 0.6 is 0 Å². The van der Waals surface area contributed by atoms with Crippen LogP contribution in [0.1, 0.15) is 54.9 Å². The lowest BCUT2D eigenvalue weighted by Crippen LogP contribution is -2.39. The summed E-state index contributed by atoms with van der Waals surface area (Å²) in [6, 6.07) is 8.17. The first-order valence-electron chi connectivity index (χ1n) is 8.20. The number of benzene rings is 1. The predicted molar refractivity (Wildman–Crippen MR) is 85.6 cm³/mol. The number of hydrogen-bond donors (Lipinski definition) is 1. The van der Waals surface area contributed by atoms with Crippen molar-refractivity contribution in [3.05, 3.63) is 35.4 Å². The Bertz CT molecular complexity index is 500. The summed E-state index contributed by atoms with van der Waals surface area (Å²) in [5.41, 5.74) is 2.52. The summed E-state index contributed by atoms with van der Waals surface area (Å²) in [6.07, 6.45) is 3.59. The van der Waals surface area contributed by atoms with Crippen LogP contribution in [0.2, 0.25) is 0 Å². The van der Waals surface area contributed by atoms with E-state index in [1.807, 2.05) is 12.1 Å². The lowest BCUT2D eigenvalue weighted by molar-refractivity contribution is 0.0762. The van der Waals surface area contributed by atoms with Crippen LogP contribution in [0.3, 0.4) is 0 Å². The zero-order valence-electron chi connectivity index (χ0n) is 13.2. The third-order valence-corrected chi connectivity index (χ3v) is 5.21. The van der Waals surface area contributed by atoms with Gasteiger partial charge in [-0.1, -0.05) is 26.0 Å². The number of rotatable bonds is 2. The van der Waals surface area contributed by atoms with E-state index in [-0.39, 0.29) is 5.91 Å². The lowest BCUT2D eigenvalue weighted by Gasteiger charge is -2.33. The molecule has 2 aliphatic rings. The second-order valence-corrected chi connectivity index (χ2v) is 7.00. The average Bonchev–Trinajstić information content (AvgIpc) is 2.91. The Morgan fingerprint density at radius 3 is 2.43 bits per heavy atom. The minimum absolute atomic E-state index is 0.209. The summed E-state index contributed by atoms with van der Waals surface area (Å²) in [5.74, 6) is 0.722. The highest BCUT2D eigenvalue weighted by Crippen LogP contribution is 2.39. The normalized spacial score (nSPS) is 21.2. The third kappa shape index (κ3) is 2.98. The van der Waals surface area contributed by atoms with E-state index in [0.717, 1.165) is 31.7 Å². The van der Waals surface area contributed by atoms with Crippen molar-refractivity contribution in [2.45, 2.75) is 39.0 Å². The van der Waals surface area contributed by atoms with Gasteiger partial charge in [0.25, 0.3) is 5.91 Å². The number of nitrogens with one attached hydrogen (secondary N) is 1. The molecule has 3 nitrogen and oxygen atoms in total. The van der Waals surface area contributed by atoms with Gasteiger partial charge in [0.15, 0.2) is 0 Å². The Kier molecular flexibility index (Phi) is 4.03. The number of nitrogens with zero attached hydrogens (tertiary/aromatic N) is 1. The number of amides is 1. The molecule has 1 aromatic rings. The minimum Gasteiger partial charge on any atom is -0.338 e. The summed E-state index contributed by atoms with van der Waals surface area (Å²) < 4.78 is 0. The molecule has 2 fully saturated rings. The Balaban J connectivity index is 1.68. The number of piperidine rings is 1. The monoisotopic (exact) mass is 286 g/mol. The van der Waals surface area contributed by atoms with Gasteiger partial charge in [-0.25, -0.2) is 0 Å². The second-order valence-electron chi connectivity index (χ2n) is 7.00. The molecule has 1 aromatic carbocycles. The van der Waals surface area contributed by atoms with Gasteiger partial charge in [-0.3, -0.25) is 4.79 Å². The molecule has 2 saturated heterocycles. The quantitative estimate of drug-likeness (QED) is 0.906. The van der Waals surface area contributed by atoms with Crippen LogP contribution in [0.15, 0.2) is 24.3 Å². The molecule has 3 rings (SSSR count). The van der Waals surface area contributed by atoms with Crippen LogP contribution in [0.4, 0.5) is 0 Å². The molecule has 0 aromatic heterocycles. The van der Waals surface area contributed by atoms with Gasteiger partial charge in [-0.15, -0.1) is 0 Å². The molecule has 0 saturated carbocycles. The molecule has 3 heteroatoms. The maximum Gasteiger partial charge on any atom is 0.253 e. The highest BCUT2D eigenvalue weighted by atomic mass is 16.2. The van der Waals surface area contributed by atoms with Gasteiger partial charge in [-0.2, -0.15) is 0 Å². The van der Waals surface area contributed by atoms with Crippen molar-refractivity contribution in [1.29, 1.82) is 0 Å². The summed E-state index contributed by atoms with van der Waals surface area (Å²) >= 11 is 0. The number of carbonyl (C=O) groups excluding carboxylic acids is 1. The van der Waals surface area contributed by atoms with Crippen molar-refractivity contribution >= 4 is 5.91 Å². The van der Waals surface area contributed by atoms with Crippen LogP contribution in [0.5, 0.6) is 0 Å². The van der Waals surface area contributed by atoms with Crippen LogP contribution < -0.4 is 5.32 Å². The highest BCUT2D eigenvalue weighted by Gasteiger charge is 2.40. The van der Waals surface area contributed by atoms with E-state index in [2.05, 4.69) is 36.2 Å². The molecule has 0 unspecified atom stereocenters. The topological polar surface area (TPSA) is 32.3 Å². The fourth-order valence-electron chi connectivity index (χ4n) is 3.67. The predicted octanol–water partition coefficient (Wildman–Crippen LogP) is 3.03. The maximum absolute atomic E-state index is 12.7. The largest absolute Gasteiger partial charge is 0.338 e. The van der Waals surface area contributed by atoms with E-state index < -0.39 is 0 Å². The number of carbonyl (C=O) groups is 1. The smallest absolute Gasteiger partial charge is 0.253 e. The molecule has 0 atom stereocenters. The Labute approximate surface area is 127 Å². The van der Waals surface area contributed by atoms with Gasteiger partial charge in [0.1, 0.15) is 0 Å². The SMILES string of the molecule is CC(C)c1ccc(C(=O)N2CCC3(CCNCC3)C2)cc1. The maximum atomic E-state index is 12.7. The molecular weight excluding hydrogens is 260 g/mol. The van der Waals surface area contributed by atoms with Crippen LogP contribution in [0, 0.1) is 5.41 Å². The molecule has 0 aliphatic carbocycles. The van der Waals surface area contributed by atoms with Crippen molar-refractivity contribution in [2.24, 2.45) is 5.41 Å². The van der Waals surface area contributed by atoms with Crippen molar-refractivity contribution in [3.63, 3.8) is 0 Å². The van der Waals surface area contributed by atoms with Crippen molar-refractivity contribution in [3.8, 4) is 0 Å². The first-order valence-corrected chi connectivity index (χ1v) is 8.20. The molecule has 2 aliphatic heterocycles. The van der Waals surface area contributed by atoms with E-state index in [9.17, 15) is 4.79 Å². The zero-order chi connectivity index (χ0) is 14.9. The lowest BCUT2D eigenvalue weighted by atomic mass is 9.78. The Hall–Kier alpha value is -1.35. The standard InChI is InChI=1S/C18H26N2O/c1-14(2)15-3-5-16(6-4-15)17(21)20-12-9-18(13-20)7-10-19-11-8-18/h3-6,14,19H,7-13H2,1-2H3. The van der Waals surface area contributed by atoms with Gasteiger partial charge >= 0.3 is 0 Å². The van der Waals surface area contributed by atoms with E-state index >= 15 is 0 Å². The van der Waals surface area contributed by atoms with Crippen LogP contribution in [-0.2, 0) is 0 Å². The Morgan fingerprint density at radius 2 is 1.81 bits per heavy atom. The fourth-order valence-corrected chi connectivity index (χ4v) is 3.67. The van der Waals surface area contributed by atoms with Gasteiger partial charge in [-0.05, 0) is 61.4 Å². The molecule has 1 N–H and O–H groups in total. The van der Waals surface area contributed by atoms with Crippen LogP contribution in [-0.4, -0.2) is 37.0 Å². The van der Waals surface area contributed by atoms with Crippen molar-refractivity contribution in [1.82, 2.24) is 10.2 Å². The van der Waals surface area contributed by atoms with E-state index in [1.165, 1.54) is 24.8 Å². The highest BCUT2D eigenvalue weighted by molar-refractivity contribution is 5.94. The molecule has 2 heterocycles. The third-order valence-electron chi connectivity index (χ3n) is 5.21. The fraction of sp³-hybridized carbons (Fsp3) is 0.611. The van der Waals surface area contributed by atoms with E-state index in [4.69, 9.17) is 0 Å². The van der Waals surface area contributed by atoms with Crippen LogP contribution in [0.25, 0.3) is 0 Å². The molecular formula is C18H26N2O. The van der Waals surface area contributed by atoms with Gasteiger partial charge in [0, 0.05) is 18.7 Å². The first kappa shape index (κ1) is 14.6. The van der Waals surface area contributed by atoms with Crippen molar-refractivity contribution < 1.29 is 4.79 Å². The molecule has 0 radical (unpaired) electrons. The molecule has 21 heavy (non-hydrogen) atoms. The number of hydrogen-bond acceptors (Lipinski definition) is 2. The molecule has 114 valence electrons. The van der Waals surface area contributed by atoms with E-state index in [1.54, 1.807) is 0 Å². The second kappa shape index (κ2) is 5.80. The first-order chi connectivity index (χ1) is 10.1. The summed E-state index contributed by atoms with van der Waals surface area (Å²) in [6.45, 7) is 8.43. The zero-order valence-corrected chi connectivity index (χ0v) is 13.2. The average molecular weight is 286 g/mol. The summed E-state index contributed by atoms with van der Waals surface area (Å²) in [5, 5.41) is 3.42. The van der Waals surface area contributed by atoms with Crippen molar-refractivity contribution in [2.75, 3.05) is 26.2 Å². The molecule has 1 amide bonds. The van der Waals surface area contributed by atoms with E-state index in [0.29, 0.717) is 11.3 Å². The number of likely N-dealkylation sites (tertiary alicyclic amines) is 1. The molecule has 1 spiro atoms. The summed E-state index contributed by atoms with van der Waals surface area (Å²) in [4.78, 5) is 14.7. The Morgan fingerprint density at radius 1 is 1.14 bits per heavy atom. The minimum atomic E-state index is 0.209.